The smallest absolute Gasteiger partial charge is 0.271 e. The van der Waals surface area contributed by atoms with Crippen molar-refractivity contribution in [1.29, 1.82) is 0 Å². The van der Waals surface area contributed by atoms with Gasteiger partial charge in [0.1, 0.15) is 5.82 Å². The minimum atomic E-state index is -0.399. The van der Waals surface area contributed by atoms with Gasteiger partial charge in [0.05, 0.1) is 4.92 Å². The number of halogens is 1. The number of rotatable bonds is 6. The van der Waals surface area contributed by atoms with Gasteiger partial charge >= 0.3 is 0 Å². The third-order valence-electron chi connectivity index (χ3n) is 6.56. The van der Waals surface area contributed by atoms with Gasteiger partial charge in [0.2, 0.25) is 5.91 Å². The van der Waals surface area contributed by atoms with Crippen LogP contribution in [0.15, 0.2) is 72.8 Å². The second kappa shape index (κ2) is 9.58. The van der Waals surface area contributed by atoms with E-state index in [0.717, 1.165) is 33.4 Å². The van der Waals surface area contributed by atoms with Crippen LogP contribution in [-0.2, 0) is 11.2 Å². The molecule has 0 bridgehead atoms. The fraction of sp³-hybridized carbons (Fsp3) is 0.222. The van der Waals surface area contributed by atoms with Gasteiger partial charge in [-0.1, -0.05) is 36.4 Å². The third kappa shape index (κ3) is 4.73. The van der Waals surface area contributed by atoms with E-state index in [1.807, 2.05) is 41.3 Å². The Kier molecular flexibility index (Phi) is 6.18. The molecular formula is C27H25FN4O3. The standard InChI is InChI=1S/C27H25FN4O3/c28-20-9-11-25-24(17-20)23(27(29-25)19-5-2-1-3-6-19)10-12-26(33)31-15-13-30(14-16-31)21-7-4-8-22(18-21)32(34)35/h1-9,11,17-18,29H,10,12-16H2. The number of aromatic nitrogens is 1. The number of anilines is 1. The molecule has 0 saturated carbocycles. The van der Waals surface area contributed by atoms with Crippen molar-refractivity contribution in [2.45, 2.75) is 12.8 Å². The molecule has 3 aromatic carbocycles. The van der Waals surface area contributed by atoms with E-state index in [1.165, 1.54) is 18.2 Å². The summed E-state index contributed by atoms with van der Waals surface area (Å²) in [5.41, 5.74) is 4.55. The highest BCUT2D eigenvalue weighted by Crippen LogP contribution is 2.32. The molecule has 0 aliphatic carbocycles. The average Bonchev–Trinajstić information content (AvgIpc) is 3.25. The number of H-pyrrole nitrogens is 1. The first-order valence-electron chi connectivity index (χ1n) is 11.6. The Morgan fingerprint density at radius 2 is 1.74 bits per heavy atom. The number of aryl methyl sites for hydroxylation is 1. The summed E-state index contributed by atoms with van der Waals surface area (Å²) < 4.78 is 14.0. The minimum absolute atomic E-state index is 0.0495. The molecule has 1 aliphatic rings. The molecule has 1 amide bonds. The summed E-state index contributed by atoms with van der Waals surface area (Å²) >= 11 is 0. The predicted octanol–water partition coefficient (Wildman–Crippen LogP) is 5.16. The van der Waals surface area contributed by atoms with E-state index < -0.39 is 4.92 Å². The maximum Gasteiger partial charge on any atom is 0.271 e. The lowest BCUT2D eigenvalue weighted by Crippen LogP contribution is -2.48. The van der Waals surface area contributed by atoms with Gasteiger partial charge in [-0.25, -0.2) is 4.39 Å². The maximum atomic E-state index is 14.0. The van der Waals surface area contributed by atoms with Gasteiger partial charge in [-0.05, 0) is 41.8 Å². The zero-order valence-electron chi connectivity index (χ0n) is 19.1. The van der Waals surface area contributed by atoms with Crippen LogP contribution in [0.25, 0.3) is 22.2 Å². The third-order valence-corrected chi connectivity index (χ3v) is 6.56. The number of carbonyl (C=O) groups is 1. The number of carbonyl (C=O) groups excluding carboxylic acids is 1. The SMILES string of the molecule is O=C(CCc1c(-c2ccccc2)[nH]c2ccc(F)cc12)N1CCN(c2cccc([N+](=O)[O-])c2)CC1. The molecule has 1 aliphatic heterocycles. The lowest BCUT2D eigenvalue weighted by molar-refractivity contribution is -0.384. The molecule has 1 saturated heterocycles. The topological polar surface area (TPSA) is 82.5 Å². The number of fused-ring (bicyclic) bond motifs is 1. The zero-order chi connectivity index (χ0) is 24.4. The van der Waals surface area contributed by atoms with Crippen molar-refractivity contribution in [3.63, 3.8) is 0 Å². The number of nitro benzene ring substituents is 1. The average molecular weight is 473 g/mol. The molecule has 7 nitrogen and oxygen atoms in total. The van der Waals surface area contributed by atoms with Crippen LogP contribution in [0, 0.1) is 15.9 Å². The second-order valence-corrected chi connectivity index (χ2v) is 8.68. The van der Waals surface area contributed by atoms with Crippen molar-refractivity contribution in [2.24, 2.45) is 0 Å². The van der Waals surface area contributed by atoms with E-state index in [9.17, 15) is 19.3 Å². The normalized spacial score (nSPS) is 13.9. The summed E-state index contributed by atoms with van der Waals surface area (Å²) in [5, 5.41) is 11.9. The van der Waals surface area contributed by atoms with Gasteiger partial charge in [0.25, 0.3) is 5.69 Å². The van der Waals surface area contributed by atoms with Crippen LogP contribution >= 0.6 is 0 Å². The molecule has 8 heteroatoms. The molecule has 4 aromatic rings. The lowest BCUT2D eigenvalue weighted by Gasteiger charge is -2.36. The first-order valence-corrected chi connectivity index (χ1v) is 11.6. The number of nitrogens with one attached hydrogen (secondary N) is 1. The number of benzene rings is 3. The molecule has 178 valence electrons. The summed E-state index contributed by atoms with van der Waals surface area (Å²) in [6.45, 7) is 2.33. The van der Waals surface area contributed by atoms with Crippen molar-refractivity contribution in [1.82, 2.24) is 9.88 Å². The van der Waals surface area contributed by atoms with Crippen molar-refractivity contribution >= 4 is 28.2 Å². The number of non-ortho nitro benzene ring substituents is 1. The van der Waals surface area contributed by atoms with Gasteiger partial charge in [-0.15, -0.1) is 0 Å². The largest absolute Gasteiger partial charge is 0.368 e. The fourth-order valence-corrected chi connectivity index (χ4v) is 4.74. The first-order chi connectivity index (χ1) is 17.0. The Morgan fingerprint density at radius 3 is 2.49 bits per heavy atom. The molecule has 0 spiro atoms. The highest BCUT2D eigenvalue weighted by Gasteiger charge is 2.23. The van der Waals surface area contributed by atoms with Crippen LogP contribution in [0.1, 0.15) is 12.0 Å². The molecule has 0 atom stereocenters. The molecule has 0 radical (unpaired) electrons. The second-order valence-electron chi connectivity index (χ2n) is 8.68. The van der Waals surface area contributed by atoms with E-state index in [1.54, 1.807) is 18.2 Å². The van der Waals surface area contributed by atoms with Crippen LogP contribution in [0.4, 0.5) is 15.8 Å². The van der Waals surface area contributed by atoms with Crippen molar-refractivity contribution < 1.29 is 14.1 Å². The Balaban J connectivity index is 1.28. The van der Waals surface area contributed by atoms with Crippen LogP contribution in [0.3, 0.4) is 0 Å². The van der Waals surface area contributed by atoms with E-state index in [0.29, 0.717) is 39.0 Å². The summed E-state index contributed by atoms with van der Waals surface area (Å²) in [5.74, 6) is -0.255. The van der Waals surface area contributed by atoms with Crippen molar-refractivity contribution in [3.8, 4) is 11.3 Å². The molecule has 1 N–H and O–H groups in total. The van der Waals surface area contributed by atoms with Crippen LogP contribution < -0.4 is 4.90 Å². The fourth-order valence-electron chi connectivity index (χ4n) is 4.74. The quantitative estimate of drug-likeness (QED) is 0.310. The summed E-state index contributed by atoms with van der Waals surface area (Å²) in [7, 11) is 0. The Morgan fingerprint density at radius 1 is 0.971 bits per heavy atom. The van der Waals surface area contributed by atoms with Crippen molar-refractivity contribution in [3.05, 3.63) is 94.3 Å². The van der Waals surface area contributed by atoms with Crippen LogP contribution in [0.2, 0.25) is 0 Å². The summed E-state index contributed by atoms with van der Waals surface area (Å²) in [6, 6.07) is 21.1. The number of piperazine rings is 1. The molecule has 1 aromatic heterocycles. The molecular weight excluding hydrogens is 447 g/mol. The van der Waals surface area contributed by atoms with E-state index in [4.69, 9.17) is 0 Å². The lowest BCUT2D eigenvalue weighted by atomic mass is 10.0. The number of amides is 1. The van der Waals surface area contributed by atoms with E-state index in [-0.39, 0.29) is 17.4 Å². The Hall–Kier alpha value is -4.20. The van der Waals surface area contributed by atoms with Gasteiger partial charge in [-0.3, -0.25) is 14.9 Å². The van der Waals surface area contributed by atoms with Crippen LogP contribution in [-0.4, -0.2) is 46.9 Å². The highest BCUT2D eigenvalue weighted by molar-refractivity contribution is 5.91. The minimum Gasteiger partial charge on any atom is -0.368 e. The number of aromatic amines is 1. The van der Waals surface area contributed by atoms with E-state index in [2.05, 4.69) is 9.88 Å². The van der Waals surface area contributed by atoms with Crippen molar-refractivity contribution in [2.75, 3.05) is 31.1 Å². The molecule has 35 heavy (non-hydrogen) atoms. The zero-order valence-corrected chi connectivity index (χ0v) is 19.1. The van der Waals surface area contributed by atoms with Gasteiger partial charge in [0.15, 0.2) is 0 Å². The first kappa shape index (κ1) is 22.6. The maximum absolute atomic E-state index is 14.0. The molecule has 5 rings (SSSR count). The molecule has 1 fully saturated rings. The van der Waals surface area contributed by atoms with Crippen LogP contribution in [0.5, 0.6) is 0 Å². The number of nitrogens with zero attached hydrogens (tertiary/aromatic N) is 3. The highest BCUT2D eigenvalue weighted by atomic mass is 19.1. The number of hydrogen-bond acceptors (Lipinski definition) is 4. The number of hydrogen-bond donors (Lipinski definition) is 1. The predicted molar refractivity (Wildman–Crippen MR) is 134 cm³/mol. The number of nitro groups is 1. The van der Waals surface area contributed by atoms with Gasteiger partial charge in [0, 0.05) is 67.0 Å². The van der Waals surface area contributed by atoms with Gasteiger partial charge in [-0.2, -0.15) is 0 Å². The summed E-state index contributed by atoms with van der Waals surface area (Å²) in [6.07, 6.45) is 0.817. The monoisotopic (exact) mass is 472 g/mol. The Labute approximate surface area is 201 Å². The Bertz CT molecular complexity index is 1380. The summed E-state index contributed by atoms with van der Waals surface area (Å²) in [4.78, 5) is 31.0. The van der Waals surface area contributed by atoms with E-state index >= 15 is 0 Å². The molecule has 0 unspecified atom stereocenters. The molecule has 2 heterocycles. The van der Waals surface area contributed by atoms with Gasteiger partial charge < -0.3 is 14.8 Å².